The fourth-order valence-electron chi connectivity index (χ4n) is 4.39. The molecule has 0 N–H and O–H groups in total. The Labute approximate surface area is 201 Å². The molecule has 0 fully saturated rings. The quantitative estimate of drug-likeness (QED) is 0.307. The van der Waals surface area contributed by atoms with Gasteiger partial charge in [0.2, 0.25) is 5.91 Å². The van der Waals surface area contributed by atoms with Gasteiger partial charge in [-0.2, -0.15) is 0 Å². The molecule has 3 aromatic rings. The molecule has 1 atom stereocenters. The third-order valence-electron chi connectivity index (χ3n) is 6.10. The number of benzene rings is 2. The van der Waals surface area contributed by atoms with Crippen molar-refractivity contribution in [3.63, 3.8) is 0 Å². The van der Waals surface area contributed by atoms with E-state index in [1.807, 2.05) is 43.9 Å². The van der Waals surface area contributed by atoms with Gasteiger partial charge in [-0.05, 0) is 55.2 Å². The van der Waals surface area contributed by atoms with E-state index in [0.29, 0.717) is 41.8 Å². The summed E-state index contributed by atoms with van der Waals surface area (Å²) < 4.78 is 15.2. The highest BCUT2D eigenvalue weighted by Crippen LogP contribution is 2.28. The van der Waals surface area contributed by atoms with Gasteiger partial charge < -0.3 is 4.90 Å². The third kappa shape index (κ3) is 5.91. The molecular weight excluding hydrogens is 429 g/mol. The summed E-state index contributed by atoms with van der Waals surface area (Å²) in [6, 6.07) is 12.7. The van der Waals surface area contributed by atoms with Gasteiger partial charge >= 0.3 is 0 Å². The van der Waals surface area contributed by atoms with Crippen LogP contribution in [0.3, 0.4) is 0 Å². The monoisotopic (exact) mass is 465 g/mol. The average Bonchev–Trinajstić information content (AvgIpc) is 2.81. The number of aromatic nitrogens is 2. The number of amides is 1. The second-order valence-electron chi connectivity index (χ2n) is 9.27. The van der Waals surface area contributed by atoms with Crippen molar-refractivity contribution in [2.24, 2.45) is 5.92 Å². The molecule has 34 heavy (non-hydrogen) atoms. The molecule has 0 aliphatic carbocycles. The zero-order chi connectivity index (χ0) is 24.7. The lowest BCUT2D eigenvalue weighted by atomic mass is 10.0. The maximum Gasteiger partial charge on any atom is 0.266 e. The minimum atomic E-state index is -0.371. The zero-order valence-electron chi connectivity index (χ0n) is 20.8. The number of carbonyl (C=O) groups is 1. The van der Waals surface area contributed by atoms with Gasteiger partial charge in [-0.3, -0.25) is 14.2 Å². The number of hydrogen-bond acceptors (Lipinski definition) is 3. The Balaban J connectivity index is 2.18. The summed E-state index contributed by atoms with van der Waals surface area (Å²) in [5, 5.41) is 0.494. The van der Waals surface area contributed by atoms with Crippen LogP contribution >= 0.6 is 0 Å². The lowest BCUT2D eigenvalue weighted by Gasteiger charge is -2.33. The van der Waals surface area contributed by atoms with E-state index in [1.54, 1.807) is 22.8 Å². The van der Waals surface area contributed by atoms with Crippen LogP contribution in [0.5, 0.6) is 0 Å². The van der Waals surface area contributed by atoms with Crippen molar-refractivity contribution in [3.8, 4) is 5.69 Å². The molecule has 1 heterocycles. The van der Waals surface area contributed by atoms with Gasteiger partial charge in [0.05, 0.1) is 22.6 Å². The van der Waals surface area contributed by atoms with Crippen LogP contribution < -0.4 is 5.56 Å². The Morgan fingerprint density at radius 3 is 2.38 bits per heavy atom. The number of rotatable bonds is 11. The lowest BCUT2D eigenvalue weighted by Crippen LogP contribution is -2.39. The molecule has 3 rings (SSSR count). The van der Waals surface area contributed by atoms with E-state index in [-0.39, 0.29) is 29.2 Å². The van der Waals surface area contributed by atoms with Crippen LogP contribution in [0.1, 0.15) is 78.1 Å². The van der Waals surface area contributed by atoms with E-state index in [1.165, 1.54) is 12.1 Å². The summed E-state index contributed by atoms with van der Waals surface area (Å²) in [4.78, 5) is 33.9. The molecule has 0 spiro atoms. The highest BCUT2D eigenvalue weighted by Gasteiger charge is 2.29. The van der Waals surface area contributed by atoms with Crippen molar-refractivity contribution in [2.75, 3.05) is 6.54 Å². The normalized spacial score (nSPS) is 12.3. The van der Waals surface area contributed by atoms with E-state index in [2.05, 4.69) is 6.92 Å². The zero-order valence-corrected chi connectivity index (χ0v) is 20.8. The van der Waals surface area contributed by atoms with E-state index >= 15 is 0 Å². The highest BCUT2D eigenvalue weighted by molar-refractivity contribution is 5.79. The molecule has 1 unspecified atom stereocenters. The molecule has 0 aliphatic rings. The molecule has 5 nitrogen and oxygen atoms in total. The number of unbranched alkanes of at least 4 members (excludes halogenated alkanes) is 3. The van der Waals surface area contributed by atoms with Gasteiger partial charge in [-0.25, -0.2) is 9.37 Å². The summed E-state index contributed by atoms with van der Waals surface area (Å²) in [6.45, 7) is 8.88. The first kappa shape index (κ1) is 25.6. The highest BCUT2D eigenvalue weighted by atomic mass is 19.1. The molecule has 182 valence electrons. The fourth-order valence-corrected chi connectivity index (χ4v) is 4.39. The Kier molecular flexibility index (Phi) is 8.97. The maximum atomic E-state index is 13.7. The smallest absolute Gasteiger partial charge is 0.266 e. The Morgan fingerprint density at radius 2 is 1.74 bits per heavy atom. The van der Waals surface area contributed by atoms with Crippen LogP contribution in [-0.2, 0) is 4.79 Å². The van der Waals surface area contributed by atoms with Gasteiger partial charge in [-0.15, -0.1) is 0 Å². The van der Waals surface area contributed by atoms with Crippen LogP contribution in [0.4, 0.5) is 4.39 Å². The first-order valence-corrected chi connectivity index (χ1v) is 12.4. The molecule has 1 amide bonds. The topological polar surface area (TPSA) is 55.2 Å². The summed E-state index contributed by atoms with van der Waals surface area (Å²) >= 11 is 0. The molecule has 0 saturated heterocycles. The first-order chi connectivity index (χ1) is 16.4. The van der Waals surface area contributed by atoms with Crippen molar-refractivity contribution in [1.29, 1.82) is 0 Å². The molecule has 0 aliphatic heterocycles. The number of nitrogens with zero attached hydrogens (tertiary/aromatic N) is 3. The van der Waals surface area contributed by atoms with Crippen LogP contribution in [0.15, 0.2) is 53.3 Å². The molecule has 6 heteroatoms. The van der Waals surface area contributed by atoms with Gasteiger partial charge in [0.1, 0.15) is 11.6 Å². The van der Waals surface area contributed by atoms with Crippen molar-refractivity contribution in [1.82, 2.24) is 14.5 Å². The van der Waals surface area contributed by atoms with Gasteiger partial charge in [0, 0.05) is 13.0 Å². The second-order valence-corrected chi connectivity index (χ2v) is 9.27. The largest absolute Gasteiger partial charge is 0.332 e. The maximum absolute atomic E-state index is 13.7. The van der Waals surface area contributed by atoms with Crippen molar-refractivity contribution in [2.45, 2.75) is 72.3 Å². The molecule has 2 aromatic carbocycles. The summed E-state index contributed by atoms with van der Waals surface area (Å²) in [7, 11) is 0. The van der Waals surface area contributed by atoms with Crippen LogP contribution in [-0.4, -0.2) is 26.9 Å². The Morgan fingerprint density at radius 1 is 1.03 bits per heavy atom. The summed E-state index contributed by atoms with van der Waals surface area (Å²) in [6.07, 6.45) is 5.25. The standard InChI is InChI=1S/C28H36FN3O2/c1-5-7-8-11-18-31(26(33)19-20(3)4)25(6-2)27-30-24-13-10-9-12-23(24)28(34)32(27)22-16-14-21(29)15-17-22/h9-10,12-17,20,25H,5-8,11,18-19H2,1-4H3. The number of carbonyl (C=O) groups excluding carboxylic acids is 1. The van der Waals surface area contributed by atoms with E-state index in [4.69, 9.17) is 4.98 Å². The van der Waals surface area contributed by atoms with Crippen molar-refractivity contribution >= 4 is 16.8 Å². The van der Waals surface area contributed by atoms with E-state index in [9.17, 15) is 14.0 Å². The molecule has 1 aromatic heterocycles. The third-order valence-corrected chi connectivity index (χ3v) is 6.10. The Bertz CT molecular complexity index is 1150. The predicted octanol–water partition coefficient (Wildman–Crippen LogP) is 6.43. The van der Waals surface area contributed by atoms with Gasteiger partial charge in [0.25, 0.3) is 5.56 Å². The van der Waals surface area contributed by atoms with Crippen LogP contribution in [0.2, 0.25) is 0 Å². The second kappa shape index (κ2) is 11.9. The Hall–Kier alpha value is -3.02. The van der Waals surface area contributed by atoms with Crippen molar-refractivity contribution in [3.05, 3.63) is 70.5 Å². The molecule has 0 radical (unpaired) electrons. The van der Waals surface area contributed by atoms with E-state index in [0.717, 1.165) is 25.7 Å². The van der Waals surface area contributed by atoms with E-state index < -0.39 is 0 Å². The average molecular weight is 466 g/mol. The first-order valence-electron chi connectivity index (χ1n) is 12.4. The molecule has 0 saturated carbocycles. The molecular formula is C28H36FN3O2. The van der Waals surface area contributed by atoms with Gasteiger partial charge in [-0.1, -0.05) is 59.1 Å². The lowest BCUT2D eigenvalue weighted by molar-refractivity contribution is -0.135. The van der Waals surface area contributed by atoms with Crippen LogP contribution in [0.25, 0.3) is 16.6 Å². The van der Waals surface area contributed by atoms with Crippen LogP contribution in [0, 0.1) is 11.7 Å². The van der Waals surface area contributed by atoms with Gasteiger partial charge in [0.15, 0.2) is 0 Å². The molecule has 0 bridgehead atoms. The number of halogens is 1. The summed E-state index contributed by atoms with van der Waals surface area (Å²) in [5.41, 5.74) is 0.926. The fraction of sp³-hybridized carbons (Fsp3) is 0.464. The minimum Gasteiger partial charge on any atom is -0.332 e. The SMILES string of the molecule is CCCCCCN(C(=O)CC(C)C)C(CC)c1nc2ccccc2c(=O)n1-c1ccc(F)cc1. The summed E-state index contributed by atoms with van der Waals surface area (Å²) in [5.74, 6) is 0.452. The predicted molar refractivity (Wildman–Crippen MR) is 136 cm³/mol. The number of para-hydroxylation sites is 1. The number of hydrogen-bond donors (Lipinski definition) is 0. The minimum absolute atomic E-state index is 0.0754. The van der Waals surface area contributed by atoms with Crippen molar-refractivity contribution < 1.29 is 9.18 Å². The number of fused-ring (bicyclic) bond motifs is 1.